The molecule has 0 aromatic heterocycles. The average Bonchev–Trinajstić information content (AvgIpc) is 2.59. The Bertz CT molecular complexity index is 804. The smallest absolute Gasteiger partial charge is 0.423 e. The van der Waals surface area contributed by atoms with Crippen LogP contribution in [0.3, 0.4) is 0 Å². The molecule has 1 aliphatic rings. The first kappa shape index (κ1) is 13.9. The SMILES string of the molecule is OB(O)c1ccc(N2c3ccccc3Nc3ccccc32)cc1. The van der Waals surface area contributed by atoms with Crippen molar-refractivity contribution in [2.45, 2.75) is 0 Å². The van der Waals surface area contributed by atoms with Gasteiger partial charge in [-0.1, -0.05) is 36.4 Å². The largest absolute Gasteiger partial charge is 0.488 e. The fraction of sp³-hybridized carbons (Fsp3) is 0. The van der Waals surface area contributed by atoms with Gasteiger partial charge < -0.3 is 20.3 Å². The molecule has 0 fully saturated rings. The first-order valence-electron chi connectivity index (χ1n) is 7.45. The molecule has 0 aliphatic carbocycles. The minimum atomic E-state index is -1.45. The molecule has 0 radical (unpaired) electrons. The Morgan fingerprint density at radius 3 is 1.74 bits per heavy atom. The number of para-hydroxylation sites is 4. The van der Waals surface area contributed by atoms with Crippen molar-refractivity contribution in [1.29, 1.82) is 0 Å². The van der Waals surface area contributed by atoms with Gasteiger partial charge in [0, 0.05) is 5.69 Å². The molecular weight excluding hydrogens is 287 g/mol. The highest BCUT2D eigenvalue weighted by molar-refractivity contribution is 6.58. The molecule has 112 valence electrons. The van der Waals surface area contributed by atoms with E-state index < -0.39 is 7.12 Å². The van der Waals surface area contributed by atoms with Gasteiger partial charge in [-0.15, -0.1) is 0 Å². The number of fused-ring (bicyclic) bond motifs is 2. The van der Waals surface area contributed by atoms with Gasteiger partial charge in [0.2, 0.25) is 0 Å². The molecule has 4 rings (SSSR count). The zero-order valence-electron chi connectivity index (χ0n) is 12.3. The van der Waals surface area contributed by atoms with Crippen LogP contribution in [0.15, 0.2) is 72.8 Å². The molecule has 0 saturated heterocycles. The minimum Gasteiger partial charge on any atom is -0.423 e. The van der Waals surface area contributed by atoms with E-state index >= 15 is 0 Å². The van der Waals surface area contributed by atoms with Gasteiger partial charge in [0.25, 0.3) is 0 Å². The van der Waals surface area contributed by atoms with E-state index in [9.17, 15) is 10.0 Å². The van der Waals surface area contributed by atoms with Crippen LogP contribution in [0.1, 0.15) is 0 Å². The summed E-state index contributed by atoms with van der Waals surface area (Å²) in [5.41, 5.74) is 5.64. The summed E-state index contributed by atoms with van der Waals surface area (Å²) in [5.74, 6) is 0. The van der Waals surface area contributed by atoms with Crippen LogP contribution in [-0.2, 0) is 0 Å². The Kier molecular flexibility index (Phi) is 3.30. The van der Waals surface area contributed by atoms with Crippen molar-refractivity contribution in [2.24, 2.45) is 0 Å². The summed E-state index contributed by atoms with van der Waals surface area (Å²) in [4.78, 5) is 2.16. The average molecular weight is 302 g/mol. The summed E-state index contributed by atoms with van der Waals surface area (Å²) in [7, 11) is -1.45. The second-order valence-electron chi connectivity index (χ2n) is 5.46. The standard InChI is InChI=1S/C18H15BN2O2/c22-19(23)13-9-11-14(12-10-13)21-17-7-3-1-5-15(17)20-16-6-2-4-8-18(16)21/h1-12,20,22-23H. The number of hydrogen-bond acceptors (Lipinski definition) is 4. The van der Waals surface area contributed by atoms with Crippen LogP contribution in [0.2, 0.25) is 0 Å². The van der Waals surface area contributed by atoms with Gasteiger partial charge >= 0.3 is 7.12 Å². The van der Waals surface area contributed by atoms with Crippen molar-refractivity contribution in [1.82, 2.24) is 0 Å². The van der Waals surface area contributed by atoms with Crippen molar-refractivity contribution >= 4 is 41.0 Å². The molecule has 23 heavy (non-hydrogen) atoms. The maximum atomic E-state index is 9.27. The first-order chi connectivity index (χ1) is 11.2. The highest BCUT2D eigenvalue weighted by Gasteiger charge is 2.23. The number of benzene rings is 3. The lowest BCUT2D eigenvalue weighted by Crippen LogP contribution is -2.29. The summed E-state index contributed by atoms with van der Waals surface area (Å²) in [6.07, 6.45) is 0. The first-order valence-corrected chi connectivity index (χ1v) is 7.45. The molecule has 0 bridgehead atoms. The van der Waals surface area contributed by atoms with E-state index in [1.54, 1.807) is 12.1 Å². The lowest BCUT2D eigenvalue weighted by molar-refractivity contribution is 0.426. The van der Waals surface area contributed by atoms with Gasteiger partial charge in [-0.2, -0.15) is 0 Å². The zero-order chi connectivity index (χ0) is 15.8. The molecule has 0 amide bonds. The molecule has 0 spiro atoms. The molecular formula is C18H15BN2O2. The van der Waals surface area contributed by atoms with Crippen molar-refractivity contribution in [3.05, 3.63) is 72.8 Å². The van der Waals surface area contributed by atoms with Crippen molar-refractivity contribution < 1.29 is 10.0 Å². The minimum absolute atomic E-state index is 0.477. The Morgan fingerprint density at radius 1 is 0.696 bits per heavy atom. The normalized spacial score (nSPS) is 12.2. The zero-order valence-corrected chi connectivity index (χ0v) is 12.3. The molecule has 3 aromatic rings. The summed E-state index contributed by atoms with van der Waals surface area (Å²) in [6.45, 7) is 0. The lowest BCUT2D eigenvalue weighted by atomic mass is 9.80. The van der Waals surface area contributed by atoms with Gasteiger partial charge in [-0.3, -0.25) is 0 Å². The Morgan fingerprint density at radius 2 is 1.22 bits per heavy atom. The van der Waals surface area contributed by atoms with E-state index in [1.807, 2.05) is 48.5 Å². The maximum absolute atomic E-state index is 9.27. The number of anilines is 5. The third-order valence-corrected chi connectivity index (χ3v) is 4.01. The van der Waals surface area contributed by atoms with Crippen LogP contribution in [0.25, 0.3) is 0 Å². The third kappa shape index (κ3) is 2.36. The number of rotatable bonds is 2. The van der Waals surface area contributed by atoms with Crippen molar-refractivity contribution in [3.63, 3.8) is 0 Å². The van der Waals surface area contributed by atoms with E-state index in [1.165, 1.54) is 0 Å². The Balaban J connectivity index is 1.87. The number of hydrogen-bond donors (Lipinski definition) is 3. The van der Waals surface area contributed by atoms with Crippen LogP contribution >= 0.6 is 0 Å². The van der Waals surface area contributed by atoms with E-state index in [-0.39, 0.29) is 0 Å². The second kappa shape index (κ2) is 5.46. The fourth-order valence-electron chi connectivity index (χ4n) is 2.90. The van der Waals surface area contributed by atoms with Crippen molar-refractivity contribution in [3.8, 4) is 0 Å². The summed E-state index contributed by atoms with van der Waals surface area (Å²) in [6, 6.07) is 23.5. The summed E-state index contributed by atoms with van der Waals surface area (Å²) in [5, 5.41) is 22.0. The summed E-state index contributed by atoms with van der Waals surface area (Å²) < 4.78 is 0. The van der Waals surface area contributed by atoms with Gasteiger partial charge in [0.1, 0.15) is 0 Å². The fourth-order valence-corrected chi connectivity index (χ4v) is 2.90. The van der Waals surface area contributed by atoms with E-state index in [0.29, 0.717) is 5.46 Å². The third-order valence-electron chi connectivity index (χ3n) is 4.01. The van der Waals surface area contributed by atoms with Gasteiger partial charge in [-0.05, 0) is 41.9 Å². The molecule has 0 unspecified atom stereocenters. The maximum Gasteiger partial charge on any atom is 0.488 e. The van der Waals surface area contributed by atoms with Crippen molar-refractivity contribution in [2.75, 3.05) is 10.2 Å². The molecule has 4 nitrogen and oxygen atoms in total. The van der Waals surface area contributed by atoms with Crippen LogP contribution in [0, 0.1) is 0 Å². The van der Waals surface area contributed by atoms with E-state index in [4.69, 9.17) is 0 Å². The highest BCUT2D eigenvalue weighted by atomic mass is 16.4. The topological polar surface area (TPSA) is 55.7 Å². The monoisotopic (exact) mass is 302 g/mol. The molecule has 5 heteroatoms. The lowest BCUT2D eigenvalue weighted by Gasteiger charge is -2.34. The van der Waals surface area contributed by atoms with Crippen LogP contribution in [0.5, 0.6) is 0 Å². The molecule has 3 aromatic carbocycles. The predicted molar refractivity (Wildman–Crippen MR) is 94.2 cm³/mol. The molecule has 1 heterocycles. The molecule has 0 saturated carbocycles. The van der Waals surface area contributed by atoms with Crippen LogP contribution < -0.4 is 15.7 Å². The number of nitrogens with one attached hydrogen (secondary N) is 1. The summed E-state index contributed by atoms with van der Waals surface area (Å²) >= 11 is 0. The molecule has 1 aliphatic heterocycles. The van der Waals surface area contributed by atoms with Crippen LogP contribution in [0.4, 0.5) is 28.4 Å². The quantitative estimate of drug-likeness (QED) is 0.498. The van der Waals surface area contributed by atoms with E-state index in [0.717, 1.165) is 28.4 Å². The van der Waals surface area contributed by atoms with Gasteiger partial charge in [0.05, 0.1) is 22.7 Å². The van der Waals surface area contributed by atoms with Crippen LogP contribution in [-0.4, -0.2) is 17.2 Å². The van der Waals surface area contributed by atoms with E-state index in [2.05, 4.69) is 22.3 Å². The van der Waals surface area contributed by atoms with Gasteiger partial charge in [-0.25, -0.2) is 0 Å². The second-order valence-corrected chi connectivity index (χ2v) is 5.46. The highest BCUT2D eigenvalue weighted by Crippen LogP contribution is 2.47. The van der Waals surface area contributed by atoms with Gasteiger partial charge in [0.15, 0.2) is 0 Å². The molecule has 0 atom stereocenters. The Labute approximate surface area is 134 Å². The molecule has 3 N–H and O–H groups in total. The predicted octanol–water partition coefficient (Wildman–Crippen LogP) is 2.89. The number of nitrogens with zero attached hydrogens (tertiary/aromatic N) is 1. The Hall–Kier alpha value is -2.76.